The van der Waals surface area contributed by atoms with E-state index in [1.807, 2.05) is 0 Å². The first-order chi connectivity index (χ1) is 8.75. The average Bonchev–Trinajstić information content (AvgIpc) is 2.38. The average molecular weight is 246 g/mol. The molecular weight excluding hydrogens is 216 g/mol. The molecule has 0 aromatic heterocycles. The lowest BCUT2D eigenvalue weighted by molar-refractivity contribution is 0.549. The summed E-state index contributed by atoms with van der Waals surface area (Å²) in [5.41, 5.74) is 3.00. The van der Waals surface area contributed by atoms with Gasteiger partial charge in [0.15, 0.2) is 0 Å². The van der Waals surface area contributed by atoms with Crippen LogP contribution in [-0.4, -0.2) is 0 Å². The molecule has 0 nitrogen and oxygen atoms in total. The van der Waals surface area contributed by atoms with E-state index in [0.29, 0.717) is 0 Å². The van der Waals surface area contributed by atoms with Gasteiger partial charge in [0.2, 0.25) is 0 Å². The second kappa shape index (κ2) is 9.19. The molecule has 0 aliphatic rings. The SMILES string of the molecule is CCCCCCCCCC(C)c1ccccc1C. The maximum atomic E-state index is 2.37. The Morgan fingerprint density at radius 3 is 2.17 bits per heavy atom. The summed E-state index contributed by atoms with van der Waals surface area (Å²) < 4.78 is 0. The predicted octanol–water partition coefficient (Wildman–Crippen LogP) is 6.24. The lowest BCUT2D eigenvalue weighted by Gasteiger charge is -2.14. The first kappa shape index (κ1) is 15.3. The van der Waals surface area contributed by atoms with Crippen LogP contribution in [0.25, 0.3) is 0 Å². The fourth-order valence-corrected chi connectivity index (χ4v) is 2.70. The third-order valence-electron chi connectivity index (χ3n) is 3.96. The van der Waals surface area contributed by atoms with Crippen molar-refractivity contribution in [3.05, 3.63) is 35.4 Å². The lowest BCUT2D eigenvalue weighted by atomic mass is 9.91. The molecule has 1 aromatic rings. The van der Waals surface area contributed by atoms with Crippen LogP contribution < -0.4 is 0 Å². The molecule has 1 rings (SSSR count). The van der Waals surface area contributed by atoms with E-state index in [4.69, 9.17) is 0 Å². The zero-order valence-corrected chi connectivity index (χ0v) is 12.5. The summed E-state index contributed by atoms with van der Waals surface area (Å²) in [5.74, 6) is 0.724. The Morgan fingerprint density at radius 1 is 0.889 bits per heavy atom. The van der Waals surface area contributed by atoms with E-state index in [1.54, 1.807) is 5.56 Å². The van der Waals surface area contributed by atoms with E-state index >= 15 is 0 Å². The molecule has 0 heteroatoms. The molecule has 0 aliphatic carbocycles. The van der Waals surface area contributed by atoms with Gasteiger partial charge in [0, 0.05) is 0 Å². The first-order valence-corrected chi connectivity index (χ1v) is 7.81. The van der Waals surface area contributed by atoms with Crippen molar-refractivity contribution >= 4 is 0 Å². The summed E-state index contributed by atoms with van der Waals surface area (Å²) >= 11 is 0. The van der Waals surface area contributed by atoms with Crippen LogP contribution >= 0.6 is 0 Å². The van der Waals surface area contributed by atoms with E-state index in [9.17, 15) is 0 Å². The molecule has 0 bridgehead atoms. The highest BCUT2D eigenvalue weighted by Crippen LogP contribution is 2.24. The number of rotatable bonds is 9. The van der Waals surface area contributed by atoms with Crippen molar-refractivity contribution < 1.29 is 0 Å². The minimum atomic E-state index is 0.724. The van der Waals surface area contributed by atoms with E-state index in [1.165, 1.54) is 56.9 Å². The summed E-state index contributed by atoms with van der Waals surface area (Å²) in [6.45, 7) is 6.89. The van der Waals surface area contributed by atoms with E-state index < -0.39 is 0 Å². The van der Waals surface area contributed by atoms with Crippen molar-refractivity contribution in [2.24, 2.45) is 0 Å². The Labute approximate surface area is 114 Å². The molecule has 0 aliphatic heterocycles. The minimum Gasteiger partial charge on any atom is -0.0654 e. The number of hydrogen-bond donors (Lipinski definition) is 0. The molecule has 0 amide bonds. The molecule has 18 heavy (non-hydrogen) atoms. The standard InChI is InChI=1S/C18H30/c1-4-5-6-7-8-9-10-13-16(2)18-15-12-11-14-17(18)3/h11-12,14-16H,4-10,13H2,1-3H3. The van der Waals surface area contributed by atoms with Gasteiger partial charge in [-0.2, -0.15) is 0 Å². The quantitative estimate of drug-likeness (QED) is 0.452. The molecule has 0 spiro atoms. The van der Waals surface area contributed by atoms with Crippen molar-refractivity contribution in [3.63, 3.8) is 0 Å². The van der Waals surface area contributed by atoms with Crippen LogP contribution in [-0.2, 0) is 0 Å². The zero-order chi connectivity index (χ0) is 13.2. The summed E-state index contributed by atoms with van der Waals surface area (Å²) in [4.78, 5) is 0. The largest absolute Gasteiger partial charge is 0.0654 e. The highest BCUT2D eigenvalue weighted by molar-refractivity contribution is 5.28. The third-order valence-corrected chi connectivity index (χ3v) is 3.96. The molecule has 0 fully saturated rings. The smallest absolute Gasteiger partial charge is 0.0188 e. The van der Waals surface area contributed by atoms with Crippen LogP contribution in [0.2, 0.25) is 0 Å². The van der Waals surface area contributed by atoms with Crippen LogP contribution in [0, 0.1) is 6.92 Å². The number of aryl methyl sites for hydroxylation is 1. The van der Waals surface area contributed by atoms with Crippen molar-refractivity contribution in [1.29, 1.82) is 0 Å². The van der Waals surface area contributed by atoms with Gasteiger partial charge in [-0.3, -0.25) is 0 Å². The second-order valence-corrected chi connectivity index (χ2v) is 5.67. The van der Waals surface area contributed by atoms with Gasteiger partial charge in [0.05, 0.1) is 0 Å². The summed E-state index contributed by atoms with van der Waals surface area (Å²) in [6, 6.07) is 8.83. The third kappa shape index (κ3) is 5.71. The Hall–Kier alpha value is -0.780. The van der Waals surface area contributed by atoms with Crippen LogP contribution in [0.5, 0.6) is 0 Å². The van der Waals surface area contributed by atoms with Crippen LogP contribution in [0.15, 0.2) is 24.3 Å². The zero-order valence-electron chi connectivity index (χ0n) is 12.5. The molecule has 0 saturated heterocycles. The highest BCUT2D eigenvalue weighted by Gasteiger charge is 2.07. The molecule has 0 N–H and O–H groups in total. The highest BCUT2D eigenvalue weighted by atomic mass is 14.1. The van der Waals surface area contributed by atoms with Gasteiger partial charge in [0.1, 0.15) is 0 Å². The van der Waals surface area contributed by atoms with Gasteiger partial charge in [-0.1, -0.05) is 83.1 Å². The van der Waals surface area contributed by atoms with Gasteiger partial charge in [-0.25, -0.2) is 0 Å². The molecular formula is C18H30. The van der Waals surface area contributed by atoms with E-state index in [-0.39, 0.29) is 0 Å². The normalized spacial score (nSPS) is 12.6. The predicted molar refractivity (Wildman–Crippen MR) is 82.2 cm³/mol. The Balaban J connectivity index is 2.14. The van der Waals surface area contributed by atoms with Gasteiger partial charge in [0.25, 0.3) is 0 Å². The van der Waals surface area contributed by atoms with Crippen molar-refractivity contribution in [2.45, 2.75) is 78.1 Å². The maximum absolute atomic E-state index is 2.37. The Bertz CT molecular complexity index is 314. The minimum absolute atomic E-state index is 0.724. The molecule has 102 valence electrons. The van der Waals surface area contributed by atoms with E-state index in [2.05, 4.69) is 45.0 Å². The van der Waals surface area contributed by atoms with Gasteiger partial charge >= 0.3 is 0 Å². The summed E-state index contributed by atoms with van der Waals surface area (Å²) in [7, 11) is 0. The lowest BCUT2D eigenvalue weighted by Crippen LogP contribution is -1.96. The second-order valence-electron chi connectivity index (χ2n) is 5.67. The fourth-order valence-electron chi connectivity index (χ4n) is 2.70. The Morgan fingerprint density at radius 2 is 1.50 bits per heavy atom. The number of benzene rings is 1. The summed E-state index contributed by atoms with van der Waals surface area (Å²) in [6.07, 6.45) is 11.2. The molecule has 0 radical (unpaired) electrons. The van der Waals surface area contributed by atoms with Gasteiger partial charge < -0.3 is 0 Å². The van der Waals surface area contributed by atoms with Crippen LogP contribution in [0.4, 0.5) is 0 Å². The molecule has 1 aromatic carbocycles. The molecule has 1 unspecified atom stereocenters. The maximum Gasteiger partial charge on any atom is -0.0188 e. The first-order valence-electron chi connectivity index (χ1n) is 7.81. The monoisotopic (exact) mass is 246 g/mol. The molecule has 0 saturated carbocycles. The van der Waals surface area contributed by atoms with E-state index in [0.717, 1.165) is 5.92 Å². The molecule has 0 heterocycles. The van der Waals surface area contributed by atoms with Crippen LogP contribution in [0.3, 0.4) is 0 Å². The van der Waals surface area contributed by atoms with Gasteiger partial charge in [-0.15, -0.1) is 0 Å². The molecule has 1 atom stereocenters. The van der Waals surface area contributed by atoms with Crippen molar-refractivity contribution in [3.8, 4) is 0 Å². The fraction of sp³-hybridized carbons (Fsp3) is 0.667. The van der Waals surface area contributed by atoms with Crippen LogP contribution in [0.1, 0.15) is 82.3 Å². The topological polar surface area (TPSA) is 0 Å². The Kier molecular flexibility index (Phi) is 7.80. The van der Waals surface area contributed by atoms with Gasteiger partial charge in [-0.05, 0) is 30.4 Å². The number of hydrogen-bond acceptors (Lipinski definition) is 0. The van der Waals surface area contributed by atoms with Crippen molar-refractivity contribution in [1.82, 2.24) is 0 Å². The number of unbranched alkanes of at least 4 members (excludes halogenated alkanes) is 6. The summed E-state index contributed by atoms with van der Waals surface area (Å²) in [5, 5.41) is 0. The van der Waals surface area contributed by atoms with Crippen molar-refractivity contribution in [2.75, 3.05) is 0 Å².